The van der Waals surface area contributed by atoms with Gasteiger partial charge in [0.15, 0.2) is 0 Å². The molecule has 0 unspecified atom stereocenters. The van der Waals surface area contributed by atoms with Crippen LogP contribution in [0, 0.1) is 6.92 Å². The highest BCUT2D eigenvalue weighted by atomic mass is 16.5. The first-order valence-electron chi connectivity index (χ1n) is 6.07. The highest BCUT2D eigenvalue weighted by Gasteiger charge is 2.14. The first-order valence-corrected chi connectivity index (χ1v) is 6.07. The number of rotatable bonds is 5. The lowest BCUT2D eigenvalue weighted by atomic mass is 10.1. The van der Waals surface area contributed by atoms with E-state index in [0.717, 1.165) is 17.9 Å². The largest absolute Gasteiger partial charge is 0.494 e. The van der Waals surface area contributed by atoms with Crippen molar-refractivity contribution in [2.24, 2.45) is 5.73 Å². The third-order valence-corrected chi connectivity index (χ3v) is 2.54. The molecule has 0 saturated carbocycles. The summed E-state index contributed by atoms with van der Waals surface area (Å²) in [5, 5.41) is 0. The summed E-state index contributed by atoms with van der Waals surface area (Å²) in [5.74, 6) is 0.955. The molecule has 3 nitrogen and oxygen atoms in total. The fourth-order valence-electron chi connectivity index (χ4n) is 1.89. The summed E-state index contributed by atoms with van der Waals surface area (Å²) in [6, 6.07) is 6.23. The fraction of sp³-hybridized carbons (Fsp3) is 0.571. The molecular formula is C14H24N2O. The van der Waals surface area contributed by atoms with Crippen LogP contribution in [0.4, 0.5) is 5.69 Å². The maximum Gasteiger partial charge on any atom is 0.122 e. The van der Waals surface area contributed by atoms with Gasteiger partial charge in [0.1, 0.15) is 5.75 Å². The van der Waals surface area contributed by atoms with Crippen LogP contribution in [0.3, 0.4) is 0 Å². The molecular weight excluding hydrogens is 212 g/mol. The van der Waals surface area contributed by atoms with Crippen LogP contribution in [0.5, 0.6) is 5.75 Å². The monoisotopic (exact) mass is 236 g/mol. The van der Waals surface area contributed by atoms with Gasteiger partial charge in [0.05, 0.1) is 6.61 Å². The Hall–Kier alpha value is -1.22. The molecule has 17 heavy (non-hydrogen) atoms. The number of hydrogen-bond acceptors (Lipinski definition) is 3. The summed E-state index contributed by atoms with van der Waals surface area (Å²) < 4.78 is 5.53. The zero-order valence-corrected chi connectivity index (χ0v) is 11.6. The quantitative estimate of drug-likeness (QED) is 0.854. The van der Waals surface area contributed by atoms with E-state index in [1.54, 1.807) is 0 Å². The van der Waals surface area contributed by atoms with Gasteiger partial charge in [-0.25, -0.2) is 0 Å². The van der Waals surface area contributed by atoms with Gasteiger partial charge >= 0.3 is 0 Å². The molecule has 0 aromatic heterocycles. The van der Waals surface area contributed by atoms with Gasteiger partial charge < -0.3 is 15.4 Å². The summed E-state index contributed by atoms with van der Waals surface area (Å²) in [6.45, 7) is 9.65. The lowest BCUT2D eigenvalue weighted by molar-refractivity contribution is 0.338. The van der Waals surface area contributed by atoms with E-state index in [-0.39, 0.29) is 5.54 Å². The van der Waals surface area contributed by atoms with Crippen molar-refractivity contribution in [2.75, 3.05) is 25.1 Å². The summed E-state index contributed by atoms with van der Waals surface area (Å²) in [5.41, 5.74) is 8.16. The van der Waals surface area contributed by atoms with Crippen LogP contribution in [0.25, 0.3) is 0 Å². The minimum absolute atomic E-state index is 0.193. The highest BCUT2D eigenvalue weighted by molar-refractivity contribution is 5.52. The first-order chi connectivity index (χ1) is 7.83. The molecule has 0 aliphatic heterocycles. The van der Waals surface area contributed by atoms with Crippen LogP contribution in [-0.2, 0) is 0 Å². The second-order valence-corrected chi connectivity index (χ2v) is 5.23. The molecule has 0 spiro atoms. The topological polar surface area (TPSA) is 38.5 Å². The average molecular weight is 236 g/mol. The Balaban J connectivity index is 2.82. The third-order valence-electron chi connectivity index (χ3n) is 2.54. The Morgan fingerprint density at radius 1 is 1.35 bits per heavy atom. The van der Waals surface area contributed by atoms with Gasteiger partial charge in [-0.15, -0.1) is 0 Å². The molecule has 2 N–H and O–H groups in total. The standard InChI is InChI=1S/C14H24N2O/c1-6-17-13-8-7-12(9-11(13)2)16(5)10-14(3,4)15/h7-9H,6,10,15H2,1-5H3. The minimum Gasteiger partial charge on any atom is -0.494 e. The van der Waals surface area contributed by atoms with Crippen molar-refractivity contribution in [1.82, 2.24) is 0 Å². The molecule has 0 atom stereocenters. The maximum absolute atomic E-state index is 6.02. The van der Waals surface area contributed by atoms with E-state index in [9.17, 15) is 0 Å². The number of likely N-dealkylation sites (N-methyl/N-ethyl adjacent to an activating group) is 1. The summed E-state index contributed by atoms with van der Waals surface area (Å²) >= 11 is 0. The number of benzene rings is 1. The van der Waals surface area contributed by atoms with Gasteiger partial charge in [-0.3, -0.25) is 0 Å². The molecule has 0 aliphatic rings. The Morgan fingerprint density at radius 2 is 2.00 bits per heavy atom. The van der Waals surface area contributed by atoms with Crippen molar-refractivity contribution in [3.05, 3.63) is 23.8 Å². The Labute approximate surface area is 105 Å². The molecule has 0 bridgehead atoms. The van der Waals surface area contributed by atoms with E-state index >= 15 is 0 Å². The van der Waals surface area contributed by atoms with Crippen molar-refractivity contribution in [1.29, 1.82) is 0 Å². The molecule has 0 heterocycles. The van der Waals surface area contributed by atoms with Gasteiger partial charge in [0.2, 0.25) is 0 Å². The van der Waals surface area contributed by atoms with Crippen molar-refractivity contribution in [3.8, 4) is 5.75 Å². The van der Waals surface area contributed by atoms with Gasteiger partial charge in [0, 0.05) is 24.8 Å². The third kappa shape index (κ3) is 4.27. The molecule has 0 amide bonds. The van der Waals surface area contributed by atoms with E-state index in [0.29, 0.717) is 6.61 Å². The summed E-state index contributed by atoms with van der Waals surface area (Å²) in [6.07, 6.45) is 0. The van der Waals surface area contributed by atoms with Crippen LogP contribution in [0.2, 0.25) is 0 Å². The second kappa shape index (κ2) is 5.41. The molecule has 0 radical (unpaired) electrons. The Morgan fingerprint density at radius 3 is 2.47 bits per heavy atom. The maximum atomic E-state index is 6.02. The molecule has 3 heteroatoms. The van der Waals surface area contributed by atoms with Crippen molar-refractivity contribution >= 4 is 5.69 Å². The summed E-state index contributed by atoms with van der Waals surface area (Å²) in [7, 11) is 2.06. The van der Waals surface area contributed by atoms with Crippen LogP contribution in [-0.4, -0.2) is 25.7 Å². The average Bonchev–Trinajstić information content (AvgIpc) is 2.18. The number of anilines is 1. The van der Waals surface area contributed by atoms with Gasteiger partial charge in [-0.1, -0.05) is 0 Å². The number of aryl methyl sites for hydroxylation is 1. The fourth-order valence-corrected chi connectivity index (χ4v) is 1.89. The molecule has 0 fully saturated rings. The molecule has 0 saturated heterocycles. The van der Waals surface area contributed by atoms with E-state index < -0.39 is 0 Å². The Kier molecular flexibility index (Phi) is 4.40. The van der Waals surface area contributed by atoms with Crippen LogP contribution in [0.15, 0.2) is 18.2 Å². The zero-order chi connectivity index (χ0) is 13.1. The van der Waals surface area contributed by atoms with Gasteiger partial charge in [0.25, 0.3) is 0 Å². The molecule has 1 aromatic carbocycles. The normalized spacial score (nSPS) is 11.4. The number of ether oxygens (including phenoxy) is 1. The van der Waals surface area contributed by atoms with E-state index in [4.69, 9.17) is 10.5 Å². The number of nitrogens with two attached hydrogens (primary N) is 1. The lowest BCUT2D eigenvalue weighted by Gasteiger charge is -2.28. The number of nitrogens with zero attached hydrogens (tertiary/aromatic N) is 1. The highest BCUT2D eigenvalue weighted by Crippen LogP contribution is 2.24. The Bertz CT molecular complexity index is 369. The molecule has 96 valence electrons. The smallest absolute Gasteiger partial charge is 0.122 e. The lowest BCUT2D eigenvalue weighted by Crippen LogP contribution is -2.44. The summed E-state index contributed by atoms with van der Waals surface area (Å²) in [4.78, 5) is 2.17. The minimum atomic E-state index is -0.193. The predicted molar refractivity (Wildman–Crippen MR) is 73.9 cm³/mol. The van der Waals surface area contributed by atoms with E-state index in [1.807, 2.05) is 26.8 Å². The van der Waals surface area contributed by atoms with Crippen molar-refractivity contribution in [3.63, 3.8) is 0 Å². The van der Waals surface area contributed by atoms with Crippen molar-refractivity contribution < 1.29 is 4.74 Å². The van der Waals surface area contributed by atoms with E-state index in [2.05, 4.69) is 31.0 Å². The SMILES string of the molecule is CCOc1ccc(N(C)CC(C)(C)N)cc1C. The van der Waals surface area contributed by atoms with Gasteiger partial charge in [-0.05, 0) is 51.5 Å². The molecule has 1 aromatic rings. The molecule has 1 rings (SSSR count). The first kappa shape index (κ1) is 13.8. The number of hydrogen-bond donors (Lipinski definition) is 1. The molecule has 0 aliphatic carbocycles. The predicted octanol–water partition coefficient (Wildman–Crippen LogP) is 2.57. The van der Waals surface area contributed by atoms with E-state index in [1.165, 1.54) is 5.69 Å². The van der Waals surface area contributed by atoms with Crippen molar-refractivity contribution in [2.45, 2.75) is 33.2 Å². The van der Waals surface area contributed by atoms with Crippen LogP contribution >= 0.6 is 0 Å². The second-order valence-electron chi connectivity index (χ2n) is 5.23. The van der Waals surface area contributed by atoms with Gasteiger partial charge in [-0.2, -0.15) is 0 Å². The van der Waals surface area contributed by atoms with Crippen LogP contribution < -0.4 is 15.4 Å². The van der Waals surface area contributed by atoms with Crippen LogP contribution in [0.1, 0.15) is 26.3 Å². The zero-order valence-electron chi connectivity index (χ0n) is 11.6.